The number of halogens is 3. The number of nitrogens with one attached hydrogen (secondary N) is 1. The number of carbonyl (C=O) groups is 1. The number of rotatable bonds is 5. The number of nitrogens with zero attached hydrogens (tertiary/aromatic N) is 4. The second-order valence-corrected chi connectivity index (χ2v) is 6.23. The van der Waals surface area contributed by atoms with Gasteiger partial charge in [-0.3, -0.25) is 14.9 Å². The first kappa shape index (κ1) is 18.1. The first-order valence-electron chi connectivity index (χ1n) is 7.48. The number of benzene rings is 1. The quantitative estimate of drug-likeness (QED) is 0.680. The first-order valence-corrected chi connectivity index (χ1v) is 8.27. The van der Waals surface area contributed by atoms with E-state index in [0.717, 1.165) is 4.68 Å². The van der Waals surface area contributed by atoms with Crippen molar-refractivity contribution in [3.8, 4) is 0 Å². The maximum Gasteiger partial charge on any atom is 0.275 e. The molecule has 0 fully saturated rings. The molecule has 2 heterocycles. The van der Waals surface area contributed by atoms with Crippen LogP contribution in [0.2, 0.25) is 0 Å². The van der Waals surface area contributed by atoms with Crippen LogP contribution in [0.1, 0.15) is 5.69 Å². The molecule has 0 spiro atoms. The molecule has 0 aliphatic rings. The van der Waals surface area contributed by atoms with E-state index in [4.69, 9.17) is 0 Å². The third kappa shape index (κ3) is 4.07. The van der Waals surface area contributed by atoms with Crippen LogP contribution in [0.4, 0.5) is 14.7 Å². The van der Waals surface area contributed by atoms with Crippen molar-refractivity contribution < 1.29 is 13.6 Å². The number of fused-ring (bicyclic) bond motifs is 1. The number of anilines is 1. The lowest BCUT2D eigenvalue weighted by molar-refractivity contribution is -0.117. The number of alkyl halides is 2. The first-order chi connectivity index (χ1) is 12.4. The van der Waals surface area contributed by atoms with Gasteiger partial charge in [0.15, 0.2) is 0 Å². The van der Waals surface area contributed by atoms with Gasteiger partial charge in [-0.15, -0.1) is 0 Å². The third-order valence-electron chi connectivity index (χ3n) is 3.46. The molecule has 26 heavy (non-hydrogen) atoms. The minimum Gasteiger partial charge on any atom is -0.293 e. The molecule has 7 nitrogen and oxygen atoms in total. The van der Waals surface area contributed by atoms with Crippen molar-refractivity contribution in [1.82, 2.24) is 19.7 Å². The van der Waals surface area contributed by atoms with Crippen LogP contribution < -0.4 is 10.9 Å². The smallest absolute Gasteiger partial charge is 0.275 e. The molecule has 0 radical (unpaired) electrons. The molecular weight excluding hydrogens is 412 g/mol. The van der Waals surface area contributed by atoms with Crippen molar-refractivity contribution in [3.63, 3.8) is 0 Å². The zero-order valence-corrected chi connectivity index (χ0v) is 14.8. The topological polar surface area (TPSA) is 89.8 Å². The minimum absolute atomic E-state index is 0.0414. The minimum atomic E-state index is -2.64. The summed E-state index contributed by atoms with van der Waals surface area (Å²) in [6.45, 7) is -0.445. The van der Waals surface area contributed by atoms with Gasteiger partial charge in [0.25, 0.3) is 5.56 Å². The van der Waals surface area contributed by atoms with Crippen LogP contribution in [0.15, 0.2) is 45.9 Å². The van der Waals surface area contributed by atoms with E-state index in [-0.39, 0.29) is 17.0 Å². The second kappa shape index (κ2) is 7.65. The molecule has 1 N–H and O–H groups in total. The molecule has 0 unspecified atom stereocenters. The Morgan fingerprint density at radius 3 is 2.65 bits per heavy atom. The van der Waals surface area contributed by atoms with Crippen LogP contribution in [-0.2, 0) is 17.8 Å². The van der Waals surface area contributed by atoms with Gasteiger partial charge in [-0.25, -0.2) is 23.4 Å². The third-order valence-corrected chi connectivity index (χ3v) is 3.95. The predicted octanol–water partition coefficient (Wildman–Crippen LogP) is 2.40. The highest BCUT2D eigenvalue weighted by atomic mass is 79.9. The van der Waals surface area contributed by atoms with E-state index in [1.807, 2.05) is 0 Å². The van der Waals surface area contributed by atoms with Crippen LogP contribution in [0.3, 0.4) is 0 Å². The van der Waals surface area contributed by atoms with Crippen molar-refractivity contribution in [2.45, 2.75) is 19.4 Å². The lowest BCUT2D eigenvalue weighted by atomic mass is 10.1. The van der Waals surface area contributed by atoms with E-state index in [0.29, 0.717) is 9.86 Å². The molecule has 134 valence electrons. The number of aromatic nitrogens is 4. The lowest BCUT2D eigenvalue weighted by Gasteiger charge is -2.11. The molecule has 1 aromatic carbocycles. The Bertz CT molecular complexity index is 1010. The lowest BCUT2D eigenvalue weighted by Crippen LogP contribution is -2.31. The van der Waals surface area contributed by atoms with Crippen molar-refractivity contribution in [1.29, 1.82) is 0 Å². The molecule has 10 heteroatoms. The number of amides is 1. The van der Waals surface area contributed by atoms with Gasteiger partial charge in [-0.05, 0) is 24.3 Å². The predicted molar refractivity (Wildman–Crippen MR) is 94.1 cm³/mol. The summed E-state index contributed by atoms with van der Waals surface area (Å²) >= 11 is 3.25. The van der Waals surface area contributed by atoms with E-state index in [9.17, 15) is 18.4 Å². The number of carbonyl (C=O) groups excluding carboxylic acids is 1. The molecule has 3 aromatic rings. The zero-order valence-electron chi connectivity index (χ0n) is 13.2. The number of hydrogen-bond donors (Lipinski definition) is 1. The van der Waals surface area contributed by atoms with E-state index < -0.39 is 30.9 Å². The van der Waals surface area contributed by atoms with E-state index in [1.165, 1.54) is 18.5 Å². The molecular formula is C16H12BrF2N5O2. The maximum atomic E-state index is 12.9. The summed E-state index contributed by atoms with van der Waals surface area (Å²) in [6, 6.07) is 6.27. The van der Waals surface area contributed by atoms with Gasteiger partial charge in [0.2, 0.25) is 18.3 Å². The fourth-order valence-corrected chi connectivity index (χ4v) is 2.75. The van der Waals surface area contributed by atoms with Crippen LogP contribution in [0.25, 0.3) is 10.8 Å². The Morgan fingerprint density at radius 1 is 1.23 bits per heavy atom. The number of hydrogen-bond acceptors (Lipinski definition) is 5. The Kier molecular flexibility index (Phi) is 5.31. The van der Waals surface area contributed by atoms with Crippen LogP contribution in [0.5, 0.6) is 0 Å². The summed E-state index contributed by atoms with van der Waals surface area (Å²) in [4.78, 5) is 32.4. The zero-order chi connectivity index (χ0) is 18.7. The summed E-state index contributed by atoms with van der Waals surface area (Å²) in [5.41, 5.74) is -0.505. The average molecular weight is 424 g/mol. The van der Waals surface area contributed by atoms with Crippen molar-refractivity contribution >= 4 is 38.6 Å². The van der Waals surface area contributed by atoms with Gasteiger partial charge < -0.3 is 0 Å². The fourth-order valence-electron chi connectivity index (χ4n) is 2.39. The van der Waals surface area contributed by atoms with E-state index >= 15 is 0 Å². The highest BCUT2D eigenvalue weighted by molar-refractivity contribution is 9.10. The Balaban J connectivity index is 1.97. The van der Waals surface area contributed by atoms with E-state index in [1.54, 1.807) is 18.2 Å². The van der Waals surface area contributed by atoms with Gasteiger partial charge >= 0.3 is 0 Å². The summed E-state index contributed by atoms with van der Waals surface area (Å²) in [5, 5.41) is 6.92. The van der Waals surface area contributed by atoms with Crippen LogP contribution >= 0.6 is 15.9 Å². The Labute approximate surface area is 154 Å². The summed E-state index contributed by atoms with van der Waals surface area (Å²) in [5.74, 6) is -0.520. The average Bonchev–Trinajstić information content (AvgIpc) is 2.59. The van der Waals surface area contributed by atoms with Gasteiger partial charge in [0.05, 0.1) is 17.5 Å². The van der Waals surface area contributed by atoms with Gasteiger partial charge in [-0.1, -0.05) is 15.9 Å². The largest absolute Gasteiger partial charge is 0.293 e. The normalized spacial score (nSPS) is 11.1. The second-order valence-electron chi connectivity index (χ2n) is 5.32. The molecule has 0 bridgehead atoms. The van der Waals surface area contributed by atoms with Gasteiger partial charge in [0, 0.05) is 22.3 Å². The molecule has 0 aliphatic heterocycles. The molecule has 1 amide bonds. The standard InChI is InChI=1S/C16H12BrF2N5O2/c17-9-2-3-10-11(6-9)12(7-13(18)19)23-24(15(10)26)8-14(25)22-16-20-4-1-5-21-16/h1-6,13H,7-8H2,(H,20,21,22,25). The fraction of sp³-hybridized carbons (Fsp3) is 0.188. The Hall–Kier alpha value is -2.75. The molecule has 0 aliphatic carbocycles. The summed E-state index contributed by atoms with van der Waals surface area (Å²) in [7, 11) is 0. The SMILES string of the molecule is O=C(Cn1nc(CC(F)F)c2cc(Br)ccc2c1=O)Nc1ncccn1. The highest BCUT2D eigenvalue weighted by Gasteiger charge is 2.16. The molecule has 0 saturated heterocycles. The molecule has 0 saturated carbocycles. The molecule has 0 atom stereocenters. The van der Waals surface area contributed by atoms with Crippen molar-refractivity contribution in [2.75, 3.05) is 5.32 Å². The maximum absolute atomic E-state index is 12.9. The van der Waals surface area contributed by atoms with E-state index in [2.05, 4.69) is 36.3 Å². The molecule has 2 aromatic heterocycles. The molecule has 3 rings (SSSR count). The highest BCUT2D eigenvalue weighted by Crippen LogP contribution is 2.21. The van der Waals surface area contributed by atoms with Crippen LogP contribution in [0, 0.1) is 0 Å². The van der Waals surface area contributed by atoms with Crippen molar-refractivity contribution in [2.24, 2.45) is 0 Å². The monoisotopic (exact) mass is 423 g/mol. The van der Waals surface area contributed by atoms with Gasteiger partial charge in [0.1, 0.15) is 6.54 Å². The van der Waals surface area contributed by atoms with Crippen LogP contribution in [-0.4, -0.2) is 32.1 Å². The Morgan fingerprint density at radius 2 is 1.96 bits per heavy atom. The summed E-state index contributed by atoms with van der Waals surface area (Å²) < 4.78 is 27.3. The van der Waals surface area contributed by atoms with Crippen molar-refractivity contribution in [3.05, 3.63) is 57.2 Å². The van der Waals surface area contributed by atoms with Gasteiger partial charge in [-0.2, -0.15) is 5.10 Å². The summed E-state index contributed by atoms with van der Waals surface area (Å²) in [6.07, 6.45) is -0.373.